The zero-order valence-corrected chi connectivity index (χ0v) is 16.4. The van der Waals surface area contributed by atoms with Crippen molar-refractivity contribution >= 4 is 18.7 Å². The molecule has 0 spiro atoms. The fraction of sp³-hybridized carbons (Fsp3) is 0.632. The quantitative estimate of drug-likeness (QED) is 0.851. The highest BCUT2D eigenvalue weighted by Crippen LogP contribution is 2.36. The summed E-state index contributed by atoms with van der Waals surface area (Å²) in [4.78, 5) is 11.6. The Kier molecular flexibility index (Phi) is 5.54. The van der Waals surface area contributed by atoms with Gasteiger partial charge >= 0.3 is 13.2 Å². The van der Waals surface area contributed by atoms with Crippen molar-refractivity contribution in [3.63, 3.8) is 0 Å². The van der Waals surface area contributed by atoms with Gasteiger partial charge < -0.3 is 19.4 Å². The van der Waals surface area contributed by atoms with E-state index in [1.165, 1.54) is 0 Å². The van der Waals surface area contributed by atoms with Gasteiger partial charge in [0.25, 0.3) is 0 Å². The van der Waals surface area contributed by atoms with E-state index in [2.05, 4.69) is 5.32 Å². The van der Waals surface area contributed by atoms with Gasteiger partial charge in [-0.2, -0.15) is 0 Å². The van der Waals surface area contributed by atoms with Crippen LogP contribution < -0.4 is 10.8 Å². The second kappa shape index (κ2) is 7.00. The van der Waals surface area contributed by atoms with Crippen LogP contribution in [0.25, 0.3) is 0 Å². The van der Waals surface area contributed by atoms with E-state index in [9.17, 15) is 4.79 Å². The van der Waals surface area contributed by atoms with Gasteiger partial charge in [-0.15, -0.1) is 0 Å². The van der Waals surface area contributed by atoms with Crippen LogP contribution in [0.15, 0.2) is 24.3 Å². The molecule has 6 heteroatoms. The van der Waals surface area contributed by atoms with Gasteiger partial charge in [0.15, 0.2) is 0 Å². The Balaban J connectivity index is 1.86. The Bertz CT molecular complexity index is 589. The molecule has 5 nitrogen and oxygen atoms in total. The van der Waals surface area contributed by atoms with Gasteiger partial charge in [-0.1, -0.05) is 24.3 Å². The first-order valence-electron chi connectivity index (χ1n) is 8.79. The molecule has 138 valence electrons. The minimum absolute atomic E-state index is 0.290. The van der Waals surface area contributed by atoms with Gasteiger partial charge in [0.1, 0.15) is 0 Å². The molecule has 1 aliphatic heterocycles. The van der Waals surface area contributed by atoms with Crippen LogP contribution in [0, 0.1) is 0 Å². The minimum atomic E-state index is -0.388. The molecule has 0 radical (unpaired) electrons. The molecule has 2 rings (SSSR count). The van der Waals surface area contributed by atoms with Gasteiger partial charge in [-0.25, -0.2) is 4.79 Å². The highest BCUT2D eigenvalue weighted by molar-refractivity contribution is 6.62. The third kappa shape index (κ3) is 5.22. The number of ether oxygens (including phenoxy) is 1. The third-order valence-corrected chi connectivity index (χ3v) is 4.61. The molecular formula is C19H30BNO4. The molecule has 0 bridgehead atoms. The van der Waals surface area contributed by atoms with Crippen molar-refractivity contribution < 1.29 is 18.8 Å². The second-order valence-corrected chi connectivity index (χ2v) is 8.59. The molecule has 0 unspecified atom stereocenters. The number of amides is 1. The lowest BCUT2D eigenvalue weighted by Gasteiger charge is -2.32. The van der Waals surface area contributed by atoms with E-state index >= 15 is 0 Å². The summed E-state index contributed by atoms with van der Waals surface area (Å²) < 4.78 is 17.3. The Labute approximate surface area is 151 Å². The van der Waals surface area contributed by atoms with Gasteiger partial charge in [0.05, 0.1) is 17.8 Å². The number of rotatable bonds is 4. The van der Waals surface area contributed by atoms with Crippen LogP contribution in [0.4, 0.5) is 4.79 Å². The van der Waals surface area contributed by atoms with E-state index < -0.39 is 0 Å². The van der Waals surface area contributed by atoms with Crippen molar-refractivity contribution in [2.45, 2.75) is 71.6 Å². The lowest BCUT2D eigenvalue weighted by Crippen LogP contribution is -2.41. The summed E-state index contributed by atoms with van der Waals surface area (Å²) in [5.74, 6) is 0. The maximum atomic E-state index is 11.6. The fourth-order valence-electron chi connectivity index (χ4n) is 2.42. The van der Waals surface area contributed by atoms with Crippen molar-refractivity contribution in [3.8, 4) is 0 Å². The number of carbonyl (C=O) groups is 1. The average molecular weight is 347 g/mol. The van der Waals surface area contributed by atoms with Crippen molar-refractivity contribution in [3.05, 3.63) is 29.8 Å². The molecular weight excluding hydrogens is 317 g/mol. The fourth-order valence-corrected chi connectivity index (χ4v) is 2.42. The van der Waals surface area contributed by atoms with Crippen LogP contribution in [0.5, 0.6) is 0 Å². The summed E-state index contributed by atoms with van der Waals surface area (Å²) in [7, 11) is -0.354. The monoisotopic (exact) mass is 347 g/mol. The van der Waals surface area contributed by atoms with Crippen LogP contribution in [-0.2, 0) is 20.5 Å². The molecule has 1 aromatic rings. The smallest absolute Gasteiger partial charge is 0.449 e. The molecule has 0 aliphatic carbocycles. The molecule has 1 fully saturated rings. The van der Waals surface area contributed by atoms with Crippen LogP contribution in [0.1, 0.15) is 54.0 Å². The first-order valence-corrected chi connectivity index (χ1v) is 8.79. The first kappa shape index (κ1) is 19.8. The Morgan fingerprint density at radius 2 is 1.60 bits per heavy atom. The predicted octanol–water partition coefficient (Wildman–Crippen LogP) is 3.05. The Morgan fingerprint density at radius 3 is 2.08 bits per heavy atom. The molecule has 0 aromatic heterocycles. The van der Waals surface area contributed by atoms with E-state index in [1.807, 2.05) is 72.7 Å². The number of benzene rings is 1. The SMILES string of the molecule is CC(C)(C)NC(=O)OCCc1ccc(B2OC(C)(C)C(C)(C)O2)cc1. The van der Waals surface area contributed by atoms with Crippen LogP contribution in [0.2, 0.25) is 0 Å². The number of carbonyl (C=O) groups excluding carboxylic acids is 1. The summed E-state index contributed by atoms with van der Waals surface area (Å²) in [5, 5.41) is 2.77. The molecule has 25 heavy (non-hydrogen) atoms. The zero-order valence-electron chi connectivity index (χ0n) is 16.4. The maximum absolute atomic E-state index is 11.6. The summed E-state index contributed by atoms with van der Waals surface area (Å²) in [5.41, 5.74) is 1.12. The largest absolute Gasteiger partial charge is 0.494 e. The van der Waals surface area contributed by atoms with Gasteiger partial charge in [-0.05, 0) is 59.5 Å². The number of hydrogen-bond donors (Lipinski definition) is 1. The standard InChI is InChI=1S/C19H30BNO4/c1-17(2,3)21-16(22)23-13-12-14-8-10-15(11-9-14)20-24-18(4,5)19(6,7)25-20/h8-11H,12-13H2,1-7H3,(H,21,22). The molecule has 1 aliphatic rings. The Morgan fingerprint density at radius 1 is 1.08 bits per heavy atom. The van der Waals surface area contributed by atoms with Gasteiger partial charge in [-0.3, -0.25) is 0 Å². The van der Waals surface area contributed by atoms with Crippen molar-refractivity contribution in [1.29, 1.82) is 0 Å². The minimum Gasteiger partial charge on any atom is -0.449 e. The summed E-state index contributed by atoms with van der Waals surface area (Å²) in [6, 6.07) is 8.05. The van der Waals surface area contributed by atoms with E-state index in [-0.39, 0.29) is 30.0 Å². The zero-order chi connectivity index (χ0) is 18.9. The summed E-state index contributed by atoms with van der Waals surface area (Å²) in [6.45, 7) is 14.3. The predicted molar refractivity (Wildman–Crippen MR) is 100 cm³/mol. The van der Waals surface area contributed by atoms with E-state index in [0.717, 1.165) is 11.0 Å². The van der Waals surface area contributed by atoms with Gasteiger partial charge in [0, 0.05) is 12.0 Å². The first-order chi connectivity index (χ1) is 11.4. The molecule has 1 N–H and O–H groups in total. The summed E-state index contributed by atoms with van der Waals surface area (Å²) >= 11 is 0. The van der Waals surface area contributed by atoms with Crippen LogP contribution in [0.3, 0.4) is 0 Å². The maximum Gasteiger partial charge on any atom is 0.494 e. The van der Waals surface area contributed by atoms with Crippen molar-refractivity contribution in [2.75, 3.05) is 6.61 Å². The summed E-state index contributed by atoms with van der Waals surface area (Å²) in [6.07, 6.45) is 0.280. The van der Waals surface area contributed by atoms with Crippen molar-refractivity contribution in [2.24, 2.45) is 0 Å². The van der Waals surface area contributed by atoms with Gasteiger partial charge in [0.2, 0.25) is 0 Å². The van der Waals surface area contributed by atoms with Crippen molar-refractivity contribution in [1.82, 2.24) is 5.32 Å². The molecule has 1 amide bonds. The average Bonchev–Trinajstić information content (AvgIpc) is 2.66. The molecule has 1 saturated heterocycles. The lowest BCUT2D eigenvalue weighted by atomic mass is 9.79. The normalized spacial score (nSPS) is 18.9. The van der Waals surface area contributed by atoms with Crippen LogP contribution >= 0.6 is 0 Å². The highest BCUT2D eigenvalue weighted by atomic mass is 16.7. The van der Waals surface area contributed by atoms with E-state index in [4.69, 9.17) is 14.0 Å². The molecule has 1 aromatic carbocycles. The molecule has 1 heterocycles. The molecule has 0 atom stereocenters. The lowest BCUT2D eigenvalue weighted by molar-refractivity contribution is 0.00578. The second-order valence-electron chi connectivity index (χ2n) is 8.59. The third-order valence-electron chi connectivity index (χ3n) is 4.61. The number of hydrogen-bond acceptors (Lipinski definition) is 4. The number of alkyl carbamates (subject to hydrolysis) is 1. The number of nitrogens with one attached hydrogen (secondary N) is 1. The topological polar surface area (TPSA) is 56.8 Å². The molecule has 0 saturated carbocycles. The Hall–Kier alpha value is -1.53. The van der Waals surface area contributed by atoms with E-state index in [0.29, 0.717) is 13.0 Å². The van der Waals surface area contributed by atoms with E-state index in [1.54, 1.807) is 0 Å². The highest BCUT2D eigenvalue weighted by Gasteiger charge is 2.51. The van der Waals surface area contributed by atoms with Crippen LogP contribution in [-0.4, -0.2) is 36.6 Å².